The summed E-state index contributed by atoms with van der Waals surface area (Å²) in [6.45, 7) is 1.72. The maximum absolute atomic E-state index is 10.1. The first kappa shape index (κ1) is 21.3. The number of methoxy groups -OCH3 is 1. The predicted molar refractivity (Wildman–Crippen MR) is 101 cm³/mol. The fraction of sp³-hybridized carbons (Fsp3) is 0.368. The largest absolute Gasteiger partial charge is 0.497 e. The highest BCUT2D eigenvalue weighted by Crippen LogP contribution is 2.25. The summed E-state index contributed by atoms with van der Waals surface area (Å²) in [6, 6.07) is 14.8. The summed E-state index contributed by atoms with van der Waals surface area (Å²) in [5.41, 5.74) is 0.807. The van der Waals surface area contributed by atoms with Crippen molar-refractivity contribution in [2.75, 3.05) is 41.0 Å². The number of halogens is 1. The van der Waals surface area contributed by atoms with Gasteiger partial charge < -0.3 is 24.2 Å². The van der Waals surface area contributed by atoms with E-state index >= 15 is 0 Å². The number of ether oxygens (including phenoxy) is 3. The van der Waals surface area contributed by atoms with E-state index < -0.39 is 6.10 Å². The molecule has 2 aromatic rings. The molecule has 2 rings (SSSR count). The normalized spacial score (nSPS) is 11.7. The third-order valence-electron chi connectivity index (χ3n) is 3.52. The van der Waals surface area contributed by atoms with Gasteiger partial charge in [-0.25, -0.2) is 0 Å². The van der Waals surface area contributed by atoms with Gasteiger partial charge in [0.25, 0.3) is 0 Å². The Balaban J connectivity index is 0.00000312. The number of aliphatic hydroxyl groups is 1. The Labute approximate surface area is 155 Å². The second-order valence-electron chi connectivity index (χ2n) is 5.74. The van der Waals surface area contributed by atoms with Gasteiger partial charge in [-0.05, 0) is 56.1 Å². The van der Waals surface area contributed by atoms with E-state index in [4.69, 9.17) is 14.2 Å². The van der Waals surface area contributed by atoms with E-state index in [-0.39, 0.29) is 19.0 Å². The van der Waals surface area contributed by atoms with Crippen LogP contribution in [-0.2, 0) is 4.74 Å². The lowest BCUT2D eigenvalue weighted by Gasteiger charge is -2.14. The molecule has 6 heteroatoms. The predicted octanol–water partition coefficient (Wildman–Crippen LogP) is 3.52. The van der Waals surface area contributed by atoms with E-state index in [1.54, 1.807) is 7.11 Å². The number of likely N-dealkylation sites (N-methyl/N-ethyl adjacent to an activating group) is 1. The summed E-state index contributed by atoms with van der Waals surface area (Å²) in [7, 11) is 5.60. The van der Waals surface area contributed by atoms with Gasteiger partial charge in [0.05, 0.1) is 20.3 Å². The third kappa shape index (κ3) is 7.32. The first-order valence-corrected chi connectivity index (χ1v) is 7.91. The molecule has 0 saturated carbocycles. The molecule has 0 aliphatic heterocycles. The fourth-order valence-corrected chi connectivity index (χ4v) is 2.08. The Morgan fingerprint density at radius 2 is 1.44 bits per heavy atom. The molecule has 0 radical (unpaired) electrons. The lowest BCUT2D eigenvalue weighted by atomic mass is 10.1. The van der Waals surface area contributed by atoms with Crippen molar-refractivity contribution in [1.29, 1.82) is 0 Å². The standard InChI is InChI=1S/C19H25NO4.ClH/c1-20(2)12-13-23-14-19(21)15-4-6-17(7-5-15)24-18-10-8-16(22-3)9-11-18;/h4-11,19,21H,12-14H2,1-3H3;1H. The van der Waals surface area contributed by atoms with Crippen LogP contribution in [-0.4, -0.2) is 51.0 Å². The topological polar surface area (TPSA) is 51.2 Å². The van der Waals surface area contributed by atoms with Gasteiger partial charge in [-0.2, -0.15) is 0 Å². The minimum Gasteiger partial charge on any atom is -0.497 e. The molecule has 0 amide bonds. The van der Waals surface area contributed by atoms with E-state index in [1.165, 1.54) is 0 Å². The number of rotatable bonds is 9. The average molecular weight is 368 g/mol. The summed E-state index contributed by atoms with van der Waals surface area (Å²) in [6.07, 6.45) is -0.637. The number of nitrogens with zero attached hydrogens (tertiary/aromatic N) is 1. The highest BCUT2D eigenvalue weighted by Gasteiger charge is 2.08. The van der Waals surface area contributed by atoms with Crippen molar-refractivity contribution >= 4 is 12.4 Å². The summed E-state index contributed by atoms with van der Waals surface area (Å²) in [5.74, 6) is 2.23. The molecule has 0 bridgehead atoms. The molecule has 0 aromatic heterocycles. The minimum atomic E-state index is -0.637. The van der Waals surface area contributed by atoms with Gasteiger partial charge in [0.2, 0.25) is 0 Å². The Morgan fingerprint density at radius 3 is 1.96 bits per heavy atom. The molecule has 2 aromatic carbocycles. The molecule has 25 heavy (non-hydrogen) atoms. The van der Waals surface area contributed by atoms with E-state index in [2.05, 4.69) is 0 Å². The van der Waals surface area contributed by atoms with Crippen molar-refractivity contribution in [2.45, 2.75) is 6.10 Å². The molecule has 0 fully saturated rings. The van der Waals surface area contributed by atoms with Crippen LogP contribution >= 0.6 is 12.4 Å². The number of benzene rings is 2. The van der Waals surface area contributed by atoms with Gasteiger partial charge in [-0.3, -0.25) is 0 Å². The molecule has 0 aliphatic carbocycles. The van der Waals surface area contributed by atoms with Crippen molar-refractivity contribution in [3.63, 3.8) is 0 Å². The Hall–Kier alpha value is -1.79. The first-order valence-electron chi connectivity index (χ1n) is 7.91. The van der Waals surface area contributed by atoms with Crippen molar-refractivity contribution in [3.8, 4) is 17.2 Å². The van der Waals surface area contributed by atoms with Gasteiger partial charge in [-0.1, -0.05) is 12.1 Å². The van der Waals surface area contributed by atoms with Crippen LogP contribution in [0.25, 0.3) is 0 Å². The monoisotopic (exact) mass is 367 g/mol. The lowest BCUT2D eigenvalue weighted by molar-refractivity contribution is 0.0306. The molecule has 1 atom stereocenters. The number of hydrogen-bond acceptors (Lipinski definition) is 5. The van der Waals surface area contributed by atoms with Crippen molar-refractivity contribution in [3.05, 3.63) is 54.1 Å². The van der Waals surface area contributed by atoms with E-state index in [0.717, 1.165) is 23.6 Å². The van der Waals surface area contributed by atoms with Crippen molar-refractivity contribution in [1.82, 2.24) is 4.90 Å². The van der Waals surface area contributed by atoms with Crippen LogP contribution in [0.5, 0.6) is 17.2 Å². The molecule has 0 aliphatic rings. The third-order valence-corrected chi connectivity index (χ3v) is 3.52. The second kappa shape index (κ2) is 10.9. The van der Waals surface area contributed by atoms with E-state index in [0.29, 0.717) is 12.4 Å². The van der Waals surface area contributed by atoms with Crippen LogP contribution in [0.3, 0.4) is 0 Å². The maximum atomic E-state index is 10.1. The summed E-state index contributed by atoms with van der Waals surface area (Å²) in [5, 5.41) is 10.1. The zero-order valence-electron chi connectivity index (χ0n) is 14.8. The highest BCUT2D eigenvalue weighted by atomic mass is 35.5. The van der Waals surface area contributed by atoms with Crippen molar-refractivity contribution in [2.24, 2.45) is 0 Å². The Kier molecular flexibility index (Phi) is 9.31. The van der Waals surface area contributed by atoms with Gasteiger partial charge in [0.1, 0.15) is 23.4 Å². The smallest absolute Gasteiger partial charge is 0.127 e. The molecule has 0 heterocycles. The SMILES string of the molecule is COc1ccc(Oc2ccc(C(O)COCCN(C)C)cc2)cc1.Cl. The van der Waals surface area contributed by atoms with E-state index in [1.807, 2.05) is 67.5 Å². The summed E-state index contributed by atoms with van der Waals surface area (Å²) in [4.78, 5) is 2.04. The molecule has 0 spiro atoms. The summed E-state index contributed by atoms with van der Waals surface area (Å²) >= 11 is 0. The number of aliphatic hydroxyl groups excluding tert-OH is 1. The van der Waals surface area contributed by atoms with Gasteiger partial charge in [0.15, 0.2) is 0 Å². The molecule has 0 saturated heterocycles. The zero-order valence-corrected chi connectivity index (χ0v) is 15.7. The second-order valence-corrected chi connectivity index (χ2v) is 5.74. The van der Waals surface area contributed by atoms with E-state index in [9.17, 15) is 5.11 Å². The van der Waals surface area contributed by atoms with Crippen LogP contribution in [0.1, 0.15) is 11.7 Å². The van der Waals surface area contributed by atoms with Gasteiger partial charge in [-0.15, -0.1) is 12.4 Å². The molecular weight excluding hydrogens is 342 g/mol. The Morgan fingerprint density at radius 1 is 0.920 bits per heavy atom. The minimum absolute atomic E-state index is 0. The zero-order chi connectivity index (χ0) is 17.4. The highest BCUT2D eigenvalue weighted by molar-refractivity contribution is 5.85. The molecular formula is C19H26ClNO4. The fourth-order valence-electron chi connectivity index (χ4n) is 2.08. The molecule has 138 valence electrons. The van der Waals surface area contributed by atoms with Gasteiger partial charge >= 0.3 is 0 Å². The quantitative estimate of drug-likeness (QED) is 0.687. The van der Waals surface area contributed by atoms with Crippen LogP contribution in [0.15, 0.2) is 48.5 Å². The van der Waals surface area contributed by atoms with Crippen molar-refractivity contribution < 1.29 is 19.3 Å². The Bertz CT molecular complexity index is 602. The van der Waals surface area contributed by atoms with Gasteiger partial charge in [0, 0.05) is 6.54 Å². The van der Waals surface area contributed by atoms with Crippen LogP contribution in [0, 0.1) is 0 Å². The van der Waals surface area contributed by atoms with Crippen LogP contribution in [0.4, 0.5) is 0 Å². The number of hydrogen-bond donors (Lipinski definition) is 1. The molecule has 1 unspecified atom stereocenters. The summed E-state index contributed by atoms with van der Waals surface area (Å²) < 4.78 is 16.4. The molecule has 1 N–H and O–H groups in total. The molecule has 5 nitrogen and oxygen atoms in total. The van der Waals surface area contributed by atoms with Crippen LogP contribution < -0.4 is 9.47 Å². The lowest BCUT2D eigenvalue weighted by Crippen LogP contribution is -2.19. The average Bonchev–Trinajstić information content (AvgIpc) is 2.59. The van der Waals surface area contributed by atoms with Crippen LogP contribution in [0.2, 0.25) is 0 Å². The maximum Gasteiger partial charge on any atom is 0.127 e. The first-order chi connectivity index (χ1) is 11.6.